The lowest BCUT2D eigenvalue weighted by atomic mass is 9.76. The van der Waals surface area contributed by atoms with Gasteiger partial charge in [0.1, 0.15) is 18.2 Å². The molecular weight excluding hydrogens is 733 g/mol. The van der Waals surface area contributed by atoms with E-state index in [9.17, 15) is 14.0 Å². The molecule has 1 unspecified atom stereocenters. The van der Waals surface area contributed by atoms with Gasteiger partial charge in [-0.25, -0.2) is 9.37 Å². The van der Waals surface area contributed by atoms with E-state index in [1.807, 2.05) is 24.3 Å². The first kappa shape index (κ1) is 40.7. The number of esters is 1. The molecule has 1 atom stereocenters. The van der Waals surface area contributed by atoms with Crippen LogP contribution in [-0.2, 0) is 45.1 Å². The van der Waals surface area contributed by atoms with Crippen LogP contribution in [0.5, 0.6) is 0 Å². The number of hydrogen-bond acceptors (Lipinski definition) is 8. The summed E-state index contributed by atoms with van der Waals surface area (Å²) >= 11 is 6.79. The van der Waals surface area contributed by atoms with Gasteiger partial charge in [0.15, 0.2) is 5.15 Å². The number of methoxy groups -OCH3 is 1. The number of hydrogen-bond donors (Lipinski definition) is 2. The van der Waals surface area contributed by atoms with Crippen LogP contribution < -0.4 is 5.32 Å². The quantitative estimate of drug-likeness (QED) is 0.0594. The molecule has 5 aromatic rings. The van der Waals surface area contributed by atoms with Crippen LogP contribution in [0.25, 0.3) is 22.5 Å². The van der Waals surface area contributed by atoms with Crippen molar-refractivity contribution in [3.8, 4) is 22.5 Å². The Bertz CT molecular complexity index is 2010. The fraction of sp³-hybridized carbons (Fsp3) is 0.442. The molecule has 56 heavy (non-hydrogen) atoms. The molecule has 1 aliphatic carbocycles. The van der Waals surface area contributed by atoms with Gasteiger partial charge in [-0.1, -0.05) is 98.5 Å². The molecule has 2 N–H and O–H groups in total. The van der Waals surface area contributed by atoms with Crippen molar-refractivity contribution in [3.63, 3.8) is 0 Å². The van der Waals surface area contributed by atoms with Crippen LogP contribution in [0.1, 0.15) is 87.4 Å². The second-order valence-corrected chi connectivity index (χ2v) is 15.1. The Morgan fingerprint density at radius 3 is 2.41 bits per heavy atom. The first-order valence-corrected chi connectivity index (χ1v) is 20.0. The number of nitrogens with zero attached hydrogens (tertiary/aromatic N) is 5. The van der Waals surface area contributed by atoms with Gasteiger partial charge in [0, 0.05) is 44.2 Å². The van der Waals surface area contributed by atoms with E-state index in [1.165, 1.54) is 12.1 Å². The predicted molar refractivity (Wildman–Crippen MR) is 213 cm³/mol. The molecular formula is C43H51ClFN7O4. The molecule has 1 amide bonds. The molecule has 13 heteroatoms. The third-order valence-electron chi connectivity index (χ3n) is 10.9. The number of amides is 1. The lowest BCUT2D eigenvalue weighted by Crippen LogP contribution is -2.42. The van der Waals surface area contributed by atoms with E-state index in [0.29, 0.717) is 62.1 Å². The van der Waals surface area contributed by atoms with E-state index in [4.69, 9.17) is 26.1 Å². The normalized spacial score (nSPS) is 14.1. The zero-order chi connectivity index (χ0) is 39.3. The number of aryl methyl sites for hydroxylation is 2. The zero-order valence-electron chi connectivity index (χ0n) is 32.2. The third kappa shape index (κ3) is 10.3. The molecule has 1 aliphatic rings. The summed E-state index contributed by atoms with van der Waals surface area (Å²) in [4.78, 5) is 32.4. The van der Waals surface area contributed by atoms with Crippen LogP contribution in [0.2, 0.25) is 5.15 Å². The standard InChI is InChI=1S/C43H51ClFN7O4/c1-3-4-13-38-47-39(44)37(52(38)28-31-14-18-32(19-15-31)35-11-5-6-12-36(35)40-48-50-51-49-40)29-56-41(53)33(22-26-55-2)27-43(23-7-8-24-43)42(54)46-25-9-10-30-16-20-34(45)21-17-30/h5-6,11-12,14-21,33H,3-4,7-10,13,22-29H2,1-2H3,(H,46,54)(H,48,49,50,51). The molecule has 0 aliphatic heterocycles. The Labute approximate surface area is 332 Å². The molecule has 1 saturated carbocycles. The second kappa shape index (κ2) is 19.8. The monoisotopic (exact) mass is 783 g/mol. The number of carbonyl (C=O) groups excluding carboxylic acids is 2. The highest BCUT2D eigenvalue weighted by atomic mass is 35.5. The molecule has 0 spiro atoms. The highest BCUT2D eigenvalue weighted by Crippen LogP contribution is 2.44. The summed E-state index contributed by atoms with van der Waals surface area (Å²) in [6.45, 7) is 3.46. The Hall–Kier alpha value is -4.94. The van der Waals surface area contributed by atoms with Gasteiger partial charge in [0.2, 0.25) is 11.7 Å². The minimum Gasteiger partial charge on any atom is -0.459 e. The van der Waals surface area contributed by atoms with Crippen molar-refractivity contribution in [2.75, 3.05) is 20.3 Å². The summed E-state index contributed by atoms with van der Waals surface area (Å²) in [5.41, 5.74) is 4.92. The van der Waals surface area contributed by atoms with E-state index in [-0.39, 0.29) is 24.3 Å². The number of nitrogens with one attached hydrogen (secondary N) is 2. The molecule has 0 saturated heterocycles. The van der Waals surface area contributed by atoms with E-state index in [0.717, 1.165) is 78.6 Å². The van der Waals surface area contributed by atoms with Crippen molar-refractivity contribution in [2.45, 2.75) is 90.7 Å². The van der Waals surface area contributed by atoms with Crippen LogP contribution in [-0.4, -0.2) is 62.3 Å². The number of aromatic nitrogens is 6. The van der Waals surface area contributed by atoms with Gasteiger partial charge in [-0.3, -0.25) is 9.59 Å². The number of tetrazole rings is 1. The highest BCUT2D eigenvalue weighted by molar-refractivity contribution is 6.30. The molecule has 11 nitrogen and oxygen atoms in total. The molecule has 296 valence electrons. The molecule has 1 fully saturated rings. The fourth-order valence-corrected chi connectivity index (χ4v) is 7.99. The lowest BCUT2D eigenvalue weighted by molar-refractivity contribution is -0.153. The molecule has 0 radical (unpaired) electrons. The molecule has 2 heterocycles. The highest BCUT2D eigenvalue weighted by Gasteiger charge is 2.44. The summed E-state index contributed by atoms with van der Waals surface area (Å²) in [5.74, 6) is 0.178. The number of carbonyl (C=O) groups is 2. The first-order valence-electron chi connectivity index (χ1n) is 19.6. The number of ether oxygens (including phenoxy) is 2. The van der Waals surface area contributed by atoms with E-state index in [1.54, 1.807) is 19.2 Å². The van der Waals surface area contributed by atoms with Gasteiger partial charge in [-0.15, -0.1) is 10.2 Å². The Balaban J connectivity index is 1.14. The Morgan fingerprint density at radius 2 is 1.71 bits per heavy atom. The van der Waals surface area contributed by atoms with Gasteiger partial charge >= 0.3 is 5.97 Å². The number of unbranched alkanes of at least 4 members (excludes halogenated alkanes) is 1. The van der Waals surface area contributed by atoms with Crippen LogP contribution in [0.4, 0.5) is 4.39 Å². The number of H-pyrrole nitrogens is 1. The summed E-state index contributed by atoms with van der Waals surface area (Å²) in [7, 11) is 1.61. The minimum atomic E-state index is -0.654. The maximum absolute atomic E-state index is 13.9. The van der Waals surface area contributed by atoms with E-state index < -0.39 is 11.3 Å². The van der Waals surface area contributed by atoms with Crippen molar-refractivity contribution in [1.29, 1.82) is 0 Å². The van der Waals surface area contributed by atoms with Crippen LogP contribution in [0.15, 0.2) is 72.8 Å². The number of rotatable bonds is 20. The van der Waals surface area contributed by atoms with Crippen molar-refractivity contribution in [3.05, 3.63) is 106 Å². The molecule has 3 aromatic carbocycles. The Morgan fingerprint density at radius 1 is 0.982 bits per heavy atom. The summed E-state index contributed by atoms with van der Waals surface area (Å²) < 4.78 is 26.8. The molecule has 2 aromatic heterocycles. The van der Waals surface area contributed by atoms with Crippen molar-refractivity contribution >= 4 is 23.5 Å². The predicted octanol–water partition coefficient (Wildman–Crippen LogP) is 8.31. The van der Waals surface area contributed by atoms with Crippen molar-refractivity contribution in [1.82, 2.24) is 35.5 Å². The minimum absolute atomic E-state index is 0.0182. The Kier molecular flexibility index (Phi) is 14.4. The zero-order valence-corrected chi connectivity index (χ0v) is 33.0. The summed E-state index contributed by atoms with van der Waals surface area (Å²) in [5, 5.41) is 18.1. The SMILES string of the molecule is CCCCc1nc(Cl)c(COC(=O)C(CCOC)CC2(C(=O)NCCCc3ccc(F)cc3)CCCC2)n1Cc1ccc(-c2ccccc2-c2nn[nH]n2)cc1. The first-order chi connectivity index (χ1) is 27.3. The third-order valence-corrected chi connectivity index (χ3v) is 11.2. The summed E-state index contributed by atoms with van der Waals surface area (Å²) in [6.07, 6.45) is 8.24. The maximum Gasteiger partial charge on any atom is 0.309 e. The van der Waals surface area contributed by atoms with Crippen LogP contribution >= 0.6 is 11.6 Å². The average molecular weight is 784 g/mol. The largest absolute Gasteiger partial charge is 0.459 e. The second-order valence-electron chi connectivity index (χ2n) is 14.7. The van der Waals surface area contributed by atoms with E-state index >= 15 is 0 Å². The van der Waals surface area contributed by atoms with Gasteiger partial charge < -0.3 is 19.4 Å². The van der Waals surface area contributed by atoms with Crippen molar-refractivity contribution in [2.24, 2.45) is 11.3 Å². The summed E-state index contributed by atoms with van der Waals surface area (Å²) in [6, 6.07) is 22.7. The average Bonchev–Trinajstić information content (AvgIpc) is 3.99. The van der Waals surface area contributed by atoms with Crippen LogP contribution in [0.3, 0.4) is 0 Å². The topological polar surface area (TPSA) is 137 Å². The number of aromatic amines is 1. The van der Waals surface area contributed by atoms with Gasteiger partial charge in [0.25, 0.3) is 0 Å². The number of imidazole rings is 1. The molecule has 6 rings (SSSR count). The maximum atomic E-state index is 13.9. The van der Waals surface area contributed by atoms with Gasteiger partial charge in [-0.05, 0) is 84.5 Å². The lowest BCUT2D eigenvalue weighted by Gasteiger charge is -2.31. The number of benzene rings is 3. The van der Waals surface area contributed by atoms with E-state index in [2.05, 4.69) is 61.7 Å². The van der Waals surface area contributed by atoms with Crippen molar-refractivity contribution < 1.29 is 23.5 Å². The van der Waals surface area contributed by atoms with Crippen LogP contribution in [0, 0.1) is 17.2 Å². The smallest absolute Gasteiger partial charge is 0.309 e. The number of halogens is 2. The van der Waals surface area contributed by atoms with Gasteiger partial charge in [0.05, 0.1) is 11.6 Å². The fourth-order valence-electron chi connectivity index (χ4n) is 7.73. The van der Waals surface area contributed by atoms with Gasteiger partial charge in [-0.2, -0.15) is 5.21 Å². The molecule has 0 bridgehead atoms.